The molecule has 0 fully saturated rings. The number of aryl methyl sites for hydroxylation is 1. The lowest BCUT2D eigenvalue weighted by Crippen LogP contribution is -2.50. The minimum absolute atomic E-state index is 0.00736. The van der Waals surface area contributed by atoms with E-state index in [-0.39, 0.29) is 17.1 Å². The zero-order chi connectivity index (χ0) is 31.1. The molecule has 0 saturated carbocycles. The van der Waals surface area contributed by atoms with Crippen molar-refractivity contribution in [3.05, 3.63) is 118 Å². The summed E-state index contributed by atoms with van der Waals surface area (Å²) in [6, 6.07) is 25.9. The van der Waals surface area contributed by atoms with Gasteiger partial charge in [-0.3, -0.25) is 13.9 Å². The number of benzene rings is 4. The third kappa shape index (κ3) is 7.87. The Morgan fingerprint density at radius 3 is 2.09 bits per heavy atom. The van der Waals surface area contributed by atoms with Gasteiger partial charge in [-0.25, -0.2) is 8.42 Å². The molecule has 0 aliphatic rings. The maximum Gasteiger partial charge on any atom is 0.264 e. The number of hydrogen-bond acceptors (Lipinski definition) is 5. The fourth-order valence-electron chi connectivity index (χ4n) is 4.30. The van der Waals surface area contributed by atoms with Crippen LogP contribution >= 0.6 is 23.2 Å². The van der Waals surface area contributed by atoms with Crippen LogP contribution in [-0.2, 0) is 26.2 Å². The molecule has 0 aromatic heterocycles. The topological polar surface area (TPSA) is 96.0 Å². The molecule has 0 unspecified atom stereocenters. The van der Waals surface area contributed by atoms with Crippen LogP contribution in [0.2, 0.25) is 10.0 Å². The van der Waals surface area contributed by atoms with E-state index in [0.29, 0.717) is 27.1 Å². The highest BCUT2D eigenvalue weighted by Crippen LogP contribution is 2.29. The predicted molar refractivity (Wildman–Crippen MR) is 169 cm³/mol. The SMILES string of the molecule is CNC(=O)[C@@H](C)N(Cc1ccc(Cl)c(Cl)c1)C(=O)CN(c1ccc(Oc2ccccc2)cc1)S(=O)(=O)c1ccc(C)cc1. The smallest absolute Gasteiger partial charge is 0.264 e. The lowest BCUT2D eigenvalue weighted by atomic mass is 10.1. The van der Waals surface area contributed by atoms with Gasteiger partial charge in [0.15, 0.2) is 0 Å². The fraction of sp³-hybridized carbons (Fsp3) is 0.188. The summed E-state index contributed by atoms with van der Waals surface area (Å²) in [6.07, 6.45) is 0. The molecule has 4 aromatic rings. The van der Waals surface area contributed by atoms with Gasteiger partial charge in [-0.15, -0.1) is 0 Å². The Hall–Kier alpha value is -4.05. The van der Waals surface area contributed by atoms with E-state index in [4.69, 9.17) is 27.9 Å². The van der Waals surface area contributed by atoms with E-state index in [0.717, 1.165) is 9.87 Å². The van der Waals surface area contributed by atoms with Gasteiger partial charge in [0, 0.05) is 13.6 Å². The number of ether oxygens (including phenoxy) is 1. The summed E-state index contributed by atoms with van der Waals surface area (Å²) in [5.41, 5.74) is 1.75. The highest BCUT2D eigenvalue weighted by atomic mass is 35.5. The summed E-state index contributed by atoms with van der Waals surface area (Å²) in [6.45, 7) is 2.84. The highest BCUT2D eigenvalue weighted by Gasteiger charge is 2.32. The third-order valence-corrected chi connectivity index (χ3v) is 9.27. The maximum atomic E-state index is 14.0. The van der Waals surface area contributed by atoms with Crippen molar-refractivity contribution in [2.75, 3.05) is 17.9 Å². The first-order valence-corrected chi connectivity index (χ1v) is 15.6. The monoisotopic (exact) mass is 639 g/mol. The van der Waals surface area contributed by atoms with Gasteiger partial charge in [0.05, 0.1) is 20.6 Å². The van der Waals surface area contributed by atoms with E-state index in [1.54, 1.807) is 73.7 Å². The number of hydrogen-bond donors (Lipinski definition) is 1. The second-order valence-corrected chi connectivity index (χ2v) is 12.5. The van der Waals surface area contributed by atoms with Crippen LogP contribution in [0.25, 0.3) is 0 Å². The van der Waals surface area contributed by atoms with E-state index in [1.807, 2.05) is 25.1 Å². The summed E-state index contributed by atoms with van der Waals surface area (Å²) in [4.78, 5) is 27.9. The Bertz CT molecular complexity index is 1680. The van der Waals surface area contributed by atoms with Gasteiger partial charge in [-0.05, 0) is 80.1 Å². The maximum absolute atomic E-state index is 14.0. The lowest BCUT2D eigenvalue weighted by Gasteiger charge is -2.32. The molecule has 1 atom stereocenters. The van der Waals surface area contributed by atoms with Gasteiger partial charge < -0.3 is 15.0 Å². The van der Waals surface area contributed by atoms with Crippen LogP contribution in [0.1, 0.15) is 18.1 Å². The zero-order valence-corrected chi connectivity index (χ0v) is 26.2. The average molecular weight is 641 g/mol. The number of halogens is 2. The molecule has 0 aliphatic heterocycles. The third-order valence-electron chi connectivity index (χ3n) is 6.74. The largest absolute Gasteiger partial charge is 0.457 e. The van der Waals surface area contributed by atoms with Crippen molar-refractivity contribution in [3.8, 4) is 11.5 Å². The van der Waals surface area contributed by atoms with Crippen LogP contribution in [0.15, 0.2) is 102 Å². The summed E-state index contributed by atoms with van der Waals surface area (Å²) in [5.74, 6) is 0.102. The predicted octanol–water partition coefficient (Wildman–Crippen LogP) is 6.45. The number of amides is 2. The quantitative estimate of drug-likeness (QED) is 0.203. The van der Waals surface area contributed by atoms with Crippen molar-refractivity contribution in [1.82, 2.24) is 10.2 Å². The number of likely N-dealkylation sites (N-methyl/N-ethyl adjacent to an activating group) is 1. The molecule has 4 aromatic carbocycles. The Morgan fingerprint density at radius 1 is 0.860 bits per heavy atom. The molecule has 0 aliphatic carbocycles. The lowest BCUT2D eigenvalue weighted by molar-refractivity contribution is -0.139. The second kappa shape index (κ2) is 13.9. The molecule has 11 heteroatoms. The van der Waals surface area contributed by atoms with Crippen molar-refractivity contribution in [2.24, 2.45) is 0 Å². The number of nitrogens with one attached hydrogen (secondary N) is 1. The number of sulfonamides is 1. The molecule has 0 heterocycles. The summed E-state index contributed by atoms with van der Waals surface area (Å²) < 4.78 is 34.9. The number of carbonyl (C=O) groups is 2. The van der Waals surface area contributed by atoms with Gasteiger partial charge in [-0.1, -0.05) is 65.2 Å². The molecular formula is C32H31Cl2N3O5S. The molecule has 1 N–H and O–H groups in total. The second-order valence-electron chi connectivity index (χ2n) is 9.79. The van der Waals surface area contributed by atoms with Gasteiger partial charge in [0.1, 0.15) is 24.1 Å². The molecule has 8 nitrogen and oxygen atoms in total. The summed E-state index contributed by atoms with van der Waals surface area (Å²) >= 11 is 12.3. The summed E-state index contributed by atoms with van der Waals surface area (Å²) in [5, 5.41) is 3.19. The Balaban J connectivity index is 1.71. The zero-order valence-electron chi connectivity index (χ0n) is 23.8. The average Bonchev–Trinajstić information content (AvgIpc) is 3.00. The summed E-state index contributed by atoms with van der Waals surface area (Å²) in [7, 11) is -2.74. The van der Waals surface area contributed by atoms with Crippen molar-refractivity contribution in [3.63, 3.8) is 0 Å². The van der Waals surface area contributed by atoms with Gasteiger partial charge >= 0.3 is 0 Å². The van der Waals surface area contributed by atoms with Crippen molar-refractivity contribution < 1.29 is 22.7 Å². The van der Waals surface area contributed by atoms with Crippen LogP contribution in [0.4, 0.5) is 5.69 Å². The number of anilines is 1. The highest BCUT2D eigenvalue weighted by molar-refractivity contribution is 7.92. The molecule has 4 rings (SSSR count). The molecular weight excluding hydrogens is 609 g/mol. The van der Waals surface area contributed by atoms with Crippen molar-refractivity contribution >= 4 is 50.7 Å². The van der Waals surface area contributed by atoms with E-state index in [2.05, 4.69) is 5.32 Å². The number of nitrogens with zero attached hydrogens (tertiary/aromatic N) is 2. The van der Waals surface area contributed by atoms with Crippen LogP contribution in [0.3, 0.4) is 0 Å². The van der Waals surface area contributed by atoms with E-state index in [9.17, 15) is 18.0 Å². The van der Waals surface area contributed by atoms with Gasteiger partial charge in [0.25, 0.3) is 10.0 Å². The Labute approximate surface area is 261 Å². The van der Waals surface area contributed by atoms with Crippen molar-refractivity contribution in [1.29, 1.82) is 0 Å². The van der Waals surface area contributed by atoms with E-state index >= 15 is 0 Å². The first-order valence-electron chi connectivity index (χ1n) is 13.4. The number of rotatable bonds is 11. The number of para-hydroxylation sites is 1. The molecule has 224 valence electrons. The van der Waals surface area contributed by atoms with Gasteiger partial charge in [0.2, 0.25) is 11.8 Å². The molecule has 0 spiro atoms. The van der Waals surface area contributed by atoms with E-state index < -0.39 is 34.4 Å². The van der Waals surface area contributed by atoms with E-state index in [1.165, 1.54) is 24.1 Å². The minimum Gasteiger partial charge on any atom is -0.457 e. The standard InChI is InChI=1S/C32H31Cl2N3O5S/c1-22-9-16-28(17-10-22)43(40,41)37(25-12-14-27(15-13-25)42-26-7-5-4-6-8-26)21-31(38)36(23(2)32(39)35-3)20-24-11-18-29(33)30(34)19-24/h4-19,23H,20-21H2,1-3H3,(H,35,39)/t23-/m1/s1. The fourth-order valence-corrected chi connectivity index (χ4v) is 6.03. The van der Waals surface area contributed by atoms with Crippen molar-refractivity contribution in [2.45, 2.75) is 31.3 Å². The molecule has 0 radical (unpaired) electrons. The Kier molecular flexibility index (Phi) is 10.3. The van der Waals surface area contributed by atoms with Crippen LogP contribution in [0.5, 0.6) is 11.5 Å². The molecule has 2 amide bonds. The van der Waals surface area contributed by atoms with Crippen LogP contribution < -0.4 is 14.4 Å². The minimum atomic E-state index is -4.20. The molecule has 0 saturated heterocycles. The molecule has 43 heavy (non-hydrogen) atoms. The van der Waals surface area contributed by atoms with Crippen LogP contribution in [0, 0.1) is 6.92 Å². The Morgan fingerprint density at radius 2 is 1.49 bits per heavy atom. The number of carbonyl (C=O) groups excluding carboxylic acids is 2. The first-order chi connectivity index (χ1) is 20.5. The molecule has 0 bridgehead atoms. The normalized spacial score (nSPS) is 11.8. The first kappa shape index (κ1) is 31.9. The van der Waals surface area contributed by atoms with Gasteiger partial charge in [-0.2, -0.15) is 0 Å². The van der Waals surface area contributed by atoms with Crippen LogP contribution in [-0.4, -0.2) is 44.8 Å².